The molecule has 1 aliphatic heterocycles. The molecular formula is C13H17N3O. The summed E-state index contributed by atoms with van der Waals surface area (Å²) in [6.45, 7) is 1.12. The summed E-state index contributed by atoms with van der Waals surface area (Å²) in [4.78, 5) is 6.84. The Morgan fingerprint density at radius 2 is 2.29 bits per heavy atom. The number of imidazole rings is 1. The van der Waals surface area contributed by atoms with Crippen LogP contribution in [0.3, 0.4) is 0 Å². The van der Waals surface area contributed by atoms with Gasteiger partial charge in [0.15, 0.2) is 0 Å². The van der Waals surface area contributed by atoms with Gasteiger partial charge in [-0.15, -0.1) is 0 Å². The number of pyridine rings is 1. The van der Waals surface area contributed by atoms with Crippen molar-refractivity contribution >= 4 is 5.52 Å². The topological polar surface area (TPSA) is 40.8 Å². The molecule has 0 aliphatic carbocycles. The van der Waals surface area contributed by atoms with Gasteiger partial charge in [0.25, 0.3) is 0 Å². The first kappa shape index (κ1) is 10.6. The van der Waals surface area contributed by atoms with Crippen molar-refractivity contribution < 1.29 is 5.11 Å². The van der Waals surface area contributed by atoms with Crippen LogP contribution in [0.5, 0.6) is 5.75 Å². The molecule has 1 unspecified atom stereocenters. The zero-order chi connectivity index (χ0) is 11.8. The highest BCUT2D eigenvalue weighted by Crippen LogP contribution is 2.30. The fraction of sp³-hybridized carbons (Fsp3) is 0.462. The van der Waals surface area contributed by atoms with Crippen molar-refractivity contribution in [3.63, 3.8) is 0 Å². The molecule has 0 amide bonds. The molecule has 1 aliphatic rings. The van der Waals surface area contributed by atoms with Gasteiger partial charge in [-0.3, -0.25) is 9.30 Å². The van der Waals surface area contributed by atoms with Crippen LogP contribution in [0, 0.1) is 0 Å². The van der Waals surface area contributed by atoms with E-state index in [1.54, 1.807) is 12.3 Å². The molecule has 0 bridgehead atoms. The SMILES string of the molecule is CN1CCCCC1c1ncc2c(O)cccn12. The Labute approximate surface area is 101 Å². The van der Waals surface area contributed by atoms with Gasteiger partial charge in [-0.2, -0.15) is 0 Å². The van der Waals surface area contributed by atoms with Crippen LogP contribution in [-0.4, -0.2) is 33.0 Å². The number of likely N-dealkylation sites (tertiary alicyclic amines) is 1. The Kier molecular flexibility index (Phi) is 2.52. The first-order chi connectivity index (χ1) is 8.27. The summed E-state index contributed by atoms with van der Waals surface area (Å²) in [5.41, 5.74) is 0.793. The first-order valence-corrected chi connectivity index (χ1v) is 6.12. The molecule has 3 rings (SSSR count). The summed E-state index contributed by atoms with van der Waals surface area (Å²) in [7, 11) is 2.15. The van der Waals surface area contributed by atoms with Crippen LogP contribution in [0.2, 0.25) is 0 Å². The number of fused-ring (bicyclic) bond motifs is 1. The molecule has 2 aromatic rings. The summed E-state index contributed by atoms with van der Waals surface area (Å²) in [6.07, 6.45) is 7.39. The molecule has 4 heteroatoms. The van der Waals surface area contributed by atoms with E-state index in [2.05, 4.69) is 16.9 Å². The largest absolute Gasteiger partial charge is 0.506 e. The predicted molar refractivity (Wildman–Crippen MR) is 66.1 cm³/mol. The highest BCUT2D eigenvalue weighted by atomic mass is 16.3. The quantitative estimate of drug-likeness (QED) is 0.818. The van der Waals surface area contributed by atoms with E-state index in [0.717, 1.165) is 24.3 Å². The van der Waals surface area contributed by atoms with Gasteiger partial charge in [0.2, 0.25) is 0 Å². The molecule has 2 aromatic heterocycles. The number of rotatable bonds is 1. The van der Waals surface area contributed by atoms with Crippen LogP contribution in [0.15, 0.2) is 24.5 Å². The fourth-order valence-electron chi connectivity index (χ4n) is 2.67. The highest BCUT2D eigenvalue weighted by Gasteiger charge is 2.24. The minimum absolute atomic E-state index is 0.296. The number of piperidine rings is 1. The number of hydrogen-bond acceptors (Lipinski definition) is 3. The number of nitrogens with zero attached hydrogens (tertiary/aromatic N) is 3. The Morgan fingerprint density at radius 3 is 3.12 bits per heavy atom. The van der Waals surface area contributed by atoms with Gasteiger partial charge in [0, 0.05) is 6.20 Å². The van der Waals surface area contributed by atoms with Crippen LogP contribution in [-0.2, 0) is 0 Å². The van der Waals surface area contributed by atoms with E-state index in [1.807, 2.05) is 16.7 Å². The van der Waals surface area contributed by atoms with Crippen LogP contribution >= 0.6 is 0 Å². The van der Waals surface area contributed by atoms with Crippen molar-refractivity contribution in [3.05, 3.63) is 30.4 Å². The molecular weight excluding hydrogens is 214 g/mol. The summed E-state index contributed by atoms with van der Waals surface area (Å²) < 4.78 is 2.00. The monoisotopic (exact) mass is 231 g/mol. The molecule has 90 valence electrons. The van der Waals surface area contributed by atoms with E-state index in [1.165, 1.54) is 12.8 Å². The van der Waals surface area contributed by atoms with E-state index < -0.39 is 0 Å². The van der Waals surface area contributed by atoms with E-state index in [0.29, 0.717) is 11.8 Å². The molecule has 1 saturated heterocycles. The van der Waals surface area contributed by atoms with Crippen LogP contribution in [0.4, 0.5) is 0 Å². The Balaban J connectivity index is 2.08. The second-order valence-electron chi connectivity index (χ2n) is 4.76. The minimum Gasteiger partial charge on any atom is -0.506 e. The summed E-state index contributed by atoms with van der Waals surface area (Å²) in [6, 6.07) is 3.93. The zero-order valence-electron chi connectivity index (χ0n) is 10.0. The molecule has 0 aromatic carbocycles. The number of aromatic hydroxyl groups is 1. The summed E-state index contributed by atoms with van der Waals surface area (Å²) >= 11 is 0. The van der Waals surface area contributed by atoms with Crippen molar-refractivity contribution in [2.75, 3.05) is 13.6 Å². The fourth-order valence-corrected chi connectivity index (χ4v) is 2.67. The first-order valence-electron chi connectivity index (χ1n) is 6.12. The smallest absolute Gasteiger partial charge is 0.141 e. The summed E-state index contributed by atoms with van der Waals surface area (Å²) in [5, 5.41) is 9.77. The lowest BCUT2D eigenvalue weighted by Gasteiger charge is -2.31. The standard InChI is InChI=1S/C13H17N3O/c1-15-7-3-2-5-10(15)13-14-9-11-12(17)6-4-8-16(11)13/h4,6,8-10,17H,2-3,5,7H2,1H3. The summed E-state index contributed by atoms with van der Waals surface area (Å²) in [5.74, 6) is 1.34. The third kappa shape index (κ3) is 1.69. The molecule has 4 nitrogen and oxygen atoms in total. The molecule has 0 radical (unpaired) electrons. The van der Waals surface area contributed by atoms with Gasteiger partial charge in [-0.25, -0.2) is 4.98 Å². The second-order valence-corrected chi connectivity index (χ2v) is 4.76. The average Bonchev–Trinajstić information content (AvgIpc) is 2.75. The molecule has 1 fully saturated rings. The third-order valence-corrected chi connectivity index (χ3v) is 3.65. The van der Waals surface area contributed by atoms with Gasteiger partial charge in [0.1, 0.15) is 17.1 Å². The van der Waals surface area contributed by atoms with Crippen LogP contribution in [0.25, 0.3) is 5.52 Å². The third-order valence-electron chi connectivity index (χ3n) is 3.65. The van der Waals surface area contributed by atoms with Crippen LogP contribution < -0.4 is 0 Å². The lowest BCUT2D eigenvalue weighted by atomic mass is 10.0. The van der Waals surface area contributed by atoms with Gasteiger partial charge < -0.3 is 5.11 Å². The van der Waals surface area contributed by atoms with Crippen molar-refractivity contribution in [1.82, 2.24) is 14.3 Å². The van der Waals surface area contributed by atoms with Gasteiger partial charge in [0.05, 0.1) is 12.2 Å². The van der Waals surface area contributed by atoms with Crippen molar-refractivity contribution in [2.45, 2.75) is 25.3 Å². The Hall–Kier alpha value is -1.55. The molecule has 0 spiro atoms. The molecule has 1 N–H and O–H groups in total. The number of hydrogen-bond donors (Lipinski definition) is 1. The molecule has 1 atom stereocenters. The predicted octanol–water partition coefficient (Wildman–Crippen LogP) is 2.20. The second kappa shape index (κ2) is 4.04. The van der Waals surface area contributed by atoms with Crippen molar-refractivity contribution in [1.29, 1.82) is 0 Å². The van der Waals surface area contributed by atoms with Gasteiger partial charge in [-0.05, 0) is 38.6 Å². The lowest BCUT2D eigenvalue weighted by Crippen LogP contribution is -2.30. The van der Waals surface area contributed by atoms with Gasteiger partial charge in [-0.1, -0.05) is 6.42 Å². The minimum atomic E-state index is 0.296. The molecule has 0 saturated carbocycles. The van der Waals surface area contributed by atoms with E-state index >= 15 is 0 Å². The molecule has 17 heavy (non-hydrogen) atoms. The normalized spacial score (nSPS) is 22.1. The maximum atomic E-state index is 9.77. The molecule has 3 heterocycles. The van der Waals surface area contributed by atoms with E-state index in [9.17, 15) is 5.11 Å². The van der Waals surface area contributed by atoms with E-state index in [-0.39, 0.29) is 0 Å². The zero-order valence-corrected chi connectivity index (χ0v) is 10.0. The maximum absolute atomic E-state index is 9.77. The Bertz CT molecular complexity index is 534. The van der Waals surface area contributed by atoms with E-state index in [4.69, 9.17) is 0 Å². The van der Waals surface area contributed by atoms with Crippen molar-refractivity contribution in [3.8, 4) is 5.75 Å². The lowest BCUT2D eigenvalue weighted by molar-refractivity contribution is 0.179. The van der Waals surface area contributed by atoms with Crippen molar-refractivity contribution in [2.24, 2.45) is 0 Å². The maximum Gasteiger partial charge on any atom is 0.141 e. The highest BCUT2D eigenvalue weighted by molar-refractivity contribution is 5.58. The average molecular weight is 231 g/mol. The number of aromatic nitrogens is 2. The van der Waals surface area contributed by atoms with Gasteiger partial charge >= 0.3 is 0 Å². The van der Waals surface area contributed by atoms with Crippen LogP contribution in [0.1, 0.15) is 31.1 Å². The Morgan fingerprint density at radius 1 is 1.41 bits per heavy atom.